The summed E-state index contributed by atoms with van der Waals surface area (Å²) < 4.78 is 4.69. The molecule has 0 spiro atoms. The third-order valence-electron chi connectivity index (χ3n) is 8.76. The van der Waals surface area contributed by atoms with Crippen LogP contribution in [0.1, 0.15) is 17.2 Å². The van der Waals surface area contributed by atoms with Gasteiger partial charge in [-0.25, -0.2) is 4.99 Å². The third kappa shape index (κ3) is 3.81. The molecule has 0 saturated carbocycles. The molecule has 0 fully saturated rings. The number of nitrogens with one attached hydrogen (secondary N) is 1. The number of hydrogen-bond acceptors (Lipinski definition) is 2. The van der Waals surface area contributed by atoms with E-state index in [0.717, 1.165) is 33.9 Å². The van der Waals surface area contributed by atoms with Crippen LogP contribution in [0.15, 0.2) is 163 Å². The number of rotatable bonds is 3. The van der Waals surface area contributed by atoms with Gasteiger partial charge in [0, 0.05) is 32.8 Å². The Bertz CT molecular complexity index is 2400. The molecule has 3 heterocycles. The smallest absolute Gasteiger partial charge is 0.209 e. The topological polar surface area (TPSA) is 34.2 Å². The second-order valence-corrected chi connectivity index (χ2v) is 11.3. The van der Waals surface area contributed by atoms with Crippen molar-refractivity contribution in [2.24, 2.45) is 4.99 Å². The van der Waals surface area contributed by atoms with E-state index in [1.54, 1.807) is 0 Å². The van der Waals surface area contributed by atoms with Crippen molar-refractivity contribution >= 4 is 55.3 Å². The largest absolute Gasteiger partial charge is 0.345 e. The van der Waals surface area contributed by atoms with Gasteiger partial charge in [0.25, 0.3) is 0 Å². The SMILES string of the molecule is C1=C(c2ccccc2)N=C(n2c3ccccc3c3cc4c5ccccc5n(-c5ccccc5)c4cc32)NC1c1ccccc1. The summed E-state index contributed by atoms with van der Waals surface area (Å²) in [7, 11) is 0. The standard InChI is InChI=1S/C40H28N4/c1-4-14-27(15-5-1)34-25-35(28-16-6-2-7-17-28)42-40(41-34)44-37-23-13-11-21-31(37)33-24-32-30-20-10-12-22-36(30)43(38(32)26-39(33)44)29-18-8-3-9-19-29/h1-26,34H,(H,41,42). The Morgan fingerprint density at radius 3 is 1.70 bits per heavy atom. The van der Waals surface area contributed by atoms with E-state index in [1.807, 2.05) is 0 Å². The highest BCUT2D eigenvalue weighted by atomic mass is 15.2. The maximum Gasteiger partial charge on any atom is 0.209 e. The molecule has 2 aromatic heterocycles. The van der Waals surface area contributed by atoms with Gasteiger partial charge in [-0.15, -0.1) is 0 Å². The van der Waals surface area contributed by atoms with Gasteiger partial charge in [-0.3, -0.25) is 4.57 Å². The van der Waals surface area contributed by atoms with Gasteiger partial charge in [0.15, 0.2) is 0 Å². The number of aliphatic imine (C=N–C) groups is 1. The third-order valence-corrected chi connectivity index (χ3v) is 8.76. The summed E-state index contributed by atoms with van der Waals surface area (Å²) >= 11 is 0. The fourth-order valence-electron chi connectivity index (χ4n) is 6.76. The van der Waals surface area contributed by atoms with E-state index in [2.05, 4.69) is 172 Å². The van der Waals surface area contributed by atoms with E-state index >= 15 is 0 Å². The molecular weight excluding hydrogens is 536 g/mol. The van der Waals surface area contributed by atoms with Gasteiger partial charge < -0.3 is 9.88 Å². The highest BCUT2D eigenvalue weighted by molar-refractivity contribution is 6.21. The highest BCUT2D eigenvalue weighted by Gasteiger charge is 2.24. The second-order valence-electron chi connectivity index (χ2n) is 11.3. The molecule has 0 amide bonds. The summed E-state index contributed by atoms with van der Waals surface area (Å²) in [6, 6.07) is 53.8. The first-order valence-electron chi connectivity index (χ1n) is 15.0. The molecule has 44 heavy (non-hydrogen) atoms. The minimum atomic E-state index is -0.0328. The lowest BCUT2D eigenvalue weighted by Crippen LogP contribution is -2.35. The first kappa shape index (κ1) is 24.7. The van der Waals surface area contributed by atoms with Crippen molar-refractivity contribution in [3.05, 3.63) is 169 Å². The van der Waals surface area contributed by atoms with Crippen LogP contribution in [0.3, 0.4) is 0 Å². The predicted octanol–water partition coefficient (Wildman–Crippen LogP) is 9.48. The Morgan fingerprint density at radius 2 is 1.02 bits per heavy atom. The Balaban J connectivity index is 1.35. The molecule has 1 aliphatic heterocycles. The van der Waals surface area contributed by atoms with Crippen LogP contribution in [0.5, 0.6) is 0 Å². The number of benzene rings is 6. The van der Waals surface area contributed by atoms with Crippen LogP contribution in [0.25, 0.3) is 55.0 Å². The van der Waals surface area contributed by atoms with Crippen molar-refractivity contribution in [1.29, 1.82) is 0 Å². The second kappa shape index (κ2) is 9.85. The van der Waals surface area contributed by atoms with Gasteiger partial charge in [-0.2, -0.15) is 0 Å². The van der Waals surface area contributed by atoms with E-state index in [-0.39, 0.29) is 6.04 Å². The minimum Gasteiger partial charge on any atom is -0.345 e. The number of para-hydroxylation sites is 3. The molecule has 6 aromatic carbocycles. The molecule has 4 heteroatoms. The number of hydrogen-bond donors (Lipinski definition) is 1. The molecular formula is C40H28N4. The number of nitrogens with zero attached hydrogens (tertiary/aromatic N) is 3. The molecule has 0 bridgehead atoms. The van der Waals surface area contributed by atoms with Crippen molar-refractivity contribution in [1.82, 2.24) is 14.5 Å². The first-order chi connectivity index (χ1) is 21.8. The van der Waals surface area contributed by atoms with Crippen LogP contribution in [0, 0.1) is 0 Å². The van der Waals surface area contributed by atoms with Gasteiger partial charge >= 0.3 is 0 Å². The van der Waals surface area contributed by atoms with Crippen molar-refractivity contribution in [2.45, 2.75) is 6.04 Å². The molecule has 1 N–H and O–H groups in total. The lowest BCUT2D eigenvalue weighted by molar-refractivity contribution is 0.760. The molecule has 1 aliphatic rings. The van der Waals surface area contributed by atoms with E-state index < -0.39 is 0 Å². The zero-order chi connectivity index (χ0) is 29.0. The fourth-order valence-corrected chi connectivity index (χ4v) is 6.76. The van der Waals surface area contributed by atoms with Crippen LogP contribution in [-0.2, 0) is 0 Å². The summed E-state index contributed by atoms with van der Waals surface area (Å²) in [5.74, 6) is 0.813. The average Bonchev–Trinajstić information content (AvgIpc) is 3.60. The lowest BCUT2D eigenvalue weighted by atomic mass is 10.0. The number of aromatic nitrogens is 2. The van der Waals surface area contributed by atoms with Gasteiger partial charge in [0.1, 0.15) is 0 Å². The average molecular weight is 565 g/mol. The Kier molecular flexibility index (Phi) is 5.53. The molecule has 1 atom stereocenters. The lowest BCUT2D eigenvalue weighted by Gasteiger charge is -2.25. The van der Waals surface area contributed by atoms with Crippen LogP contribution in [0.4, 0.5) is 0 Å². The van der Waals surface area contributed by atoms with Crippen LogP contribution in [0.2, 0.25) is 0 Å². The van der Waals surface area contributed by atoms with Crippen LogP contribution < -0.4 is 5.32 Å². The van der Waals surface area contributed by atoms with Crippen LogP contribution in [-0.4, -0.2) is 15.1 Å². The zero-order valence-corrected chi connectivity index (χ0v) is 23.9. The normalized spacial score (nSPS) is 15.0. The molecule has 9 rings (SSSR count). The molecule has 0 saturated heterocycles. The monoisotopic (exact) mass is 564 g/mol. The van der Waals surface area contributed by atoms with E-state index in [4.69, 9.17) is 4.99 Å². The first-order valence-corrected chi connectivity index (χ1v) is 15.0. The zero-order valence-electron chi connectivity index (χ0n) is 23.9. The Hall–Kier alpha value is -5.87. The quantitative estimate of drug-likeness (QED) is 0.228. The predicted molar refractivity (Wildman–Crippen MR) is 183 cm³/mol. The molecule has 4 nitrogen and oxygen atoms in total. The summed E-state index contributed by atoms with van der Waals surface area (Å²) in [6.07, 6.45) is 2.23. The summed E-state index contributed by atoms with van der Waals surface area (Å²) in [6.45, 7) is 0. The minimum absolute atomic E-state index is 0.0328. The molecule has 8 aromatic rings. The van der Waals surface area contributed by atoms with Crippen molar-refractivity contribution in [3.63, 3.8) is 0 Å². The van der Waals surface area contributed by atoms with Crippen LogP contribution >= 0.6 is 0 Å². The van der Waals surface area contributed by atoms with E-state index in [9.17, 15) is 0 Å². The van der Waals surface area contributed by atoms with E-state index in [1.165, 1.54) is 38.1 Å². The van der Waals surface area contributed by atoms with Gasteiger partial charge in [0.05, 0.1) is 33.8 Å². The molecule has 0 radical (unpaired) electrons. The molecule has 0 aliphatic carbocycles. The van der Waals surface area contributed by atoms with Crippen molar-refractivity contribution in [2.75, 3.05) is 0 Å². The maximum atomic E-state index is 5.30. The van der Waals surface area contributed by atoms with Gasteiger partial charge in [-0.05, 0) is 48.0 Å². The highest BCUT2D eigenvalue weighted by Crippen LogP contribution is 2.39. The summed E-state index contributed by atoms with van der Waals surface area (Å²) in [4.78, 5) is 5.30. The maximum absolute atomic E-state index is 5.30. The Labute approximate surface area is 254 Å². The summed E-state index contributed by atoms with van der Waals surface area (Å²) in [5.41, 5.74) is 9.00. The van der Waals surface area contributed by atoms with E-state index in [0.29, 0.717) is 0 Å². The fraction of sp³-hybridized carbons (Fsp3) is 0.0250. The Morgan fingerprint density at radius 1 is 0.477 bits per heavy atom. The van der Waals surface area contributed by atoms with Crippen molar-refractivity contribution < 1.29 is 0 Å². The molecule has 208 valence electrons. The van der Waals surface area contributed by atoms with Crippen molar-refractivity contribution in [3.8, 4) is 5.69 Å². The summed E-state index contributed by atoms with van der Waals surface area (Å²) in [5, 5.41) is 8.71. The molecule has 1 unspecified atom stereocenters. The van der Waals surface area contributed by atoms with Gasteiger partial charge in [-0.1, -0.05) is 115 Å². The number of fused-ring (bicyclic) bond motifs is 6. The van der Waals surface area contributed by atoms with Gasteiger partial charge in [0.2, 0.25) is 5.96 Å².